The molecular weight excluding hydrogens is 294 g/mol. The molecule has 0 atom stereocenters. The normalized spacial score (nSPS) is 9.81. The van der Waals surface area contributed by atoms with Gasteiger partial charge in [0.1, 0.15) is 11.3 Å². The Morgan fingerprint density at radius 3 is 2.71 bits per heavy atom. The van der Waals surface area contributed by atoms with Gasteiger partial charge in [-0.05, 0) is 12.3 Å². The first-order valence-corrected chi connectivity index (χ1v) is 7.21. The fourth-order valence-corrected chi connectivity index (χ4v) is 2.29. The lowest BCUT2D eigenvalue weighted by molar-refractivity contribution is -0.385. The molecule has 8 heteroatoms. The molecule has 1 aromatic rings. The Morgan fingerprint density at radius 1 is 1.57 bits per heavy atom. The second kappa shape index (κ2) is 7.50. The Balaban J connectivity index is 3.29. The number of hydrogen-bond acceptors (Lipinski definition) is 6. The Morgan fingerprint density at radius 2 is 2.24 bits per heavy atom. The van der Waals surface area contributed by atoms with Crippen LogP contribution in [0.1, 0.15) is 16.8 Å². The van der Waals surface area contributed by atoms with Crippen molar-refractivity contribution in [3.05, 3.63) is 27.8 Å². The van der Waals surface area contributed by atoms with Gasteiger partial charge in [-0.15, -0.1) is 11.8 Å². The summed E-state index contributed by atoms with van der Waals surface area (Å²) in [6.45, 7) is 0.215. The van der Waals surface area contributed by atoms with Crippen molar-refractivity contribution >= 4 is 23.4 Å². The first-order chi connectivity index (χ1) is 9.96. The van der Waals surface area contributed by atoms with Crippen molar-refractivity contribution in [2.75, 3.05) is 27.0 Å². The third-order valence-electron chi connectivity index (χ3n) is 2.83. The van der Waals surface area contributed by atoms with Gasteiger partial charge in [-0.1, -0.05) is 0 Å². The highest BCUT2D eigenvalue weighted by atomic mass is 32.2. The number of nitriles is 1. The Kier molecular flexibility index (Phi) is 5.99. The van der Waals surface area contributed by atoms with Crippen molar-refractivity contribution in [1.82, 2.24) is 4.90 Å². The van der Waals surface area contributed by atoms with Crippen molar-refractivity contribution in [3.8, 4) is 11.8 Å². The van der Waals surface area contributed by atoms with E-state index in [1.54, 1.807) is 6.26 Å². The molecule has 0 heterocycles. The van der Waals surface area contributed by atoms with Gasteiger partial charge in [0.05, 0.1) is 35.5 Å². The summed E-state index contributed by atoms with van der Waals surface area (Å²) in [7, 11) is 2.92. The summed E-state index contributed by atoms with van der Waals surface area (Å²) >= 11 is 1.33. The maximum Gasteiger partial charge on any atom is 0.285 e. The number of ether oxygens (including phenoxy) is 1. The molecule has 0 aliphatic heterocycles. The minimum absolute atomic E-state index is 0.00871. The summed E-state index contributed by atoms with van der Waals surface area (Å²) in [6.07, 6.45) is 1.96. The van der Waals surface area contributed by atoms with Crippen LogP contribution in [-0.2, 0) is 0 Å². The van der Waals surface area contributed by atoms with E-state index in [0.29, 0.717) is 10.6 Å². The molecule has 0 radical (unpaired) electrons. The van der Waals surface area contributed by atoms with Crippen LogP contribution in [0.3, 0.4) is 0 Å². The number of methoxy groups -OCH3 is 1. The lowest BCUT2D eigenvalue weighted by Gasteiger charge is -2.16. The molecule has 0 aliphatic rings. The van der Waals surface area contributed by atoms with Crippen LogP contribution in [0.5, 0.6) is 5.75 Å². The summed E-state index contributed by atoms with van der Waals surface area (Å²) < 4.78 is 5.09. The highest BCUT2D eigenvalue weighted by molar-refractivity contribution is 7.98. The van der Waals surface area contributed by atoms with Crippen LogP contribution in [0.25, 0.3) is 0 Å². The number of nitro groups is 1. The first kappa shape index (κ1) is 16.8. The van der Waals surface area contributed by atoms with Crippen molar-refractivity contribution in [2.45, 2.75) is 11.3 Å². The van der Waals surface area contributed by atoms with Crippen LogP contribution in [0.4, 0.5) is 5.69 Å². The average Bonchev–Trinajstić information content (AvgIpc) is 2.50. The van der Waals surface area contributed by atoms with Crippen LogP contribution in [0, 0.1) is 21.4 Å². The standard InChI is InChI=1S/C13H15N3O4S/c1-15(6-4-5-14)13(17)9-7-12(21-3)11(20-2)8-10(9)16(18)19/h7-8H,4,6H2,1-3H3. The predicted molar refractivity (Wildman–Crippen MR) is 78.6 cm³/mol. The van der Waals surface area contributed by atoms with Crippen molar-refractivity contribution in [2.24, 2.45) is 0 Å². The van der Waals surface area contributed by atoms with Crippen LogP contribution in [0.15, 0.2) is 17.0 Å². The highest BCUT2D eigenvalue weighted by Crippen LogP contribution is 2.34. The van der Waals surface area contributed by atoms with Crippen LogP contribution in [-0.4, -0.2) is 42.7 Å². The molecule has 0 saturated heterocycles. The van der Waals surface area contributed by atoms with Crippen LogP contribution in [0.2, 0.25) is 0 Å². The first-order valence-electron chi connectivity index (χ1n) is 5.99. The van der Waals surface area contributed by atoms with E-state index in [-0.39, 0.29) is 24.2 Å². The smallest absolute Gasteiger partial charge is 0.285 e. The van der Waals surface area contributed by atoms with Crippen LogP contribution >= 0.6 is 11.8 Å². The summed E-state index contributed by atoms with van der Waals surface area (Å²) in [5.41, 5.74) is -0.316. The zero-order valence-corrected chi connectivity index (χ0v) is 12.8. The maximum absolute atomic E-state index is 12.3. The quantitative estimate of drug-likeness (QED) is 0.454. The average molecular weight is 309 g/mol. The van der Waals surface area contributed by atoms with Gasteiger partial charge in [-0.3, -0.25) is 14.9 Å². The fraction of sp³-hybridized carbons (Fsp3) is 0.385. The zero-order valence-electron chi connectivity index (χ0n) is 12.0. The van der Waals surface area contributed by atoms with Gasteiger partial charge < -0.3 is 9.64 Å². The summed E-state index contributed by atoms with van der Waals surface area (Å²) in [6, 6.07) is 4.63. The topological polar surface area (TPSA) is 96.5 Å². The monoisotopic (exact) mass is 309 g/mol. The molecule has 21 heavy (non-hydrogen) atoms. The second-order valence-corrected chi connectivity index (χ2v) is 4.96. The van der Waals surface area contributed by atoms with Gasteiger partial charge in [-0.2, -0.15) is 5.26 Å². The predicted octanol–water partition coefficient (Wildman–Crippen LogP) is 2.31. The Hall–Kier alpha value is -2.27. The lowest BCUT2D eigenvalue weighted by Crippen LogP contribution is -2.28. The Labute approximate surface area is 126 Å². The van der Waals surface area contributed by atoms with Gasteiger partial charge in [-0.25, -0.2) is 0 Å². The molecule has 1 rings (SSSR count). The minimum atomic E-state index is -0.613. The van der Waals surface area contributed by atoms with E-state index in [9.17, 15) is 14.9 Å². The molecule has 1 amide bonds. The lowest BCUT2D eigenvalue weighted by atomic mass is 10.1. The van der Waals surface area contributed by atoms with E-state index in [1.165, 1.54) is 43.0 Å². The molecule has 0 N–H and O–H groups in total. The number of carbonyl (C=O) groups excluding carboxylic acids is 1. The SMILES string of the molecule is COc1cc([N+](=O)[O-])c(C(=O)N(C)CCC#N)cc1SC. The van der Waals surface area contributed by atoms with Crippen molar-refractivity contribution in [3.63, 3.8) is 0 Å². The van der Waals surface area contributed by atoms with Gasteiger partial charge in [0.15, 0.2) is 0 Å². The fourth-order valence-electron chi connectivity index (χ4n) is 1.72. The second-order valence-electron chi connectivity index (χ2n) is 4.12. The highest BCUT2D eigenvalue weighted by Gasteiger charge is 2.25. The third-order valence-corrected chi connectivity index (χ3v) is 3.59. The largest absolute Gasteiger partial charge is 0.495 e. The maximum atomic E-state index is 12.3. The van der Waals surface area contributed by atoms with E-state index in [4.69, 9.17) is 10.00 Å². The van der Waals surface area contributed by atoms with E-state index >= 15 is 0 Å². The molecule has 0 saturated carbocycles. The van der Waals surface area contributed by atoms with Gasteiger partial charge in [0.2, 0.25) is 0 Å². The summed E-state index contributed by atoms with van der Waals surface area (Å²) in [5, 5.41) is 19.7. The van der Waals surface area contributed by atoms with Gasteiger partial charge in [0.25, 0.3) is 11.6 Å². The number of rotatable bonds is 6. The number of carbonyl (C=O) groups is 1. The molecule has 0 aliphatic carbocycles. The molecule has 0 spiro atoms. The molecule has 112 valence electrons. The molecule has 7 nitrogen and oxygen atoms in total. The molecule has 1 aromatic carbocycles. The summed E-state index contributed by atoms with van der Waals surface area (Å²) in [5.74, 6) is -0.139. The van der Waals surface area contributed by atoms with Crippen molar-refractivity contribution < 1.29 is 14.5 Å². The van der Waals surface area contributed by atoms with E-state index in [0.717, 1.165) is 0 Å². The number of amides is 1. The molecule has 0 fully saturated rings. The molecular formula is C13H15N3O4S. The third kappa shape index (κ3) is 3.86. The van der Waals surface area contributed by atoms with E-state index in [1.807, 2.05) is 6.07 Å². The molecule has 0 aromatic heterocycles. The molecule has 0 bridgehead atoms. The van der Waals surface area contributed by atoms with Crippen molar-refractivity contribution in [1.29, 1.82) is 5.26 Å². The number of hydrogen-bond donors (Lipinski definition) is 0. The Bertz CT molecular complexity index is 598. The van der Waals surface area contributed by atoms with Gasteiger partial charge in [0, 0.05) is 13.6 Å². The minimum Gasteiger partial charge on any atom is -0.495 e. The van der Waals surface area contributed by atoms with Gasteiger partial charge >= 0.3 is 0 Å². The van der Waals surface area contributed by atoms with E-state index < -0.39 is 10.8 Å². The zero-order chi connectivity index (χ0) is 16.0. The number of nitrogens with zero attached hydrogens (tertiary/aromatic N) is 3. The number of benzene rings is 1. The summed E-state index contributed by atoms with van der Waals surface area (Å²) in [4.78, 5) is 24.8. The molecule has 0 unspecified atom stereocenters. The van der Waals surface area contributed by atoms with Crippen LogP contribution < -0.4 is 4.74 Å². The number of thioether (sulfide) groups is 1. The number of nitro benzene ring substituents is 1. The van der Waals surface area contributed by atoms with E-state index in [2.05, 4.69) is 0 Å².